The molecule has 2 N–H and O–H groups in total. The zero-order valence-corrected chi connectivity index (χ0v) is 10.1. The first kappa shape index (κ1) is 12.0. The molecule has 0 amide bonds. The molecule has 0 saturated heterocycles. The van der Waals surface area contributed by atoms with Crippen molar-refractivity contribution in [3.8, 4) is 0 Å². The normalized spacial score (nSPS) is 14.0. The molecule has 0 aliphatic rings. The molecule has 0 fully saturated rings. The van der Waals surface area contributed by atoms with Gasteiger partial charge >= 0.3 is 6.01 Å². The van der Waals surface area contributed by atoms with Gasteiger partial charge in [-0.05, 0) is 12.3 Å². The molecule has 0 radical (unpaired) electrons. The quantitative estimate of drug-likeness (QED) is 0.823. The van der Waals surface area contributed by atoms with Gasteiger partial charge in [0.05, 0.1) is 6.04 Å². The highest BCUT2D eigenvalue weighted by molar-refractivity contribution is 5.22. The van der Waals surface area contributed by atoms with Gasteiger partial charge in [0.1, 0.15) is 0 Å². The minimum absolute atomic E-state index is 0.192. The number of anilines is 1. The molecule has 1 rings (SSSR count). The van der Waals surface area contributed by atoms with Crippen LogP contribution in [0.2, 0.25) is 0 Å². The number of hydrogen-bond donors (Lipinski definition) is 1. The summed E-state index contributed by atoms with van der Waals surface area (Å²) in [5.74, 6) is 0.478. The molecule has 1 aromatic heterocycles. The molecule has 86 valence electrons. The van der Waals surface area contributed by atoms with Gasteiger partial charge in [0.15, 0.2) is 0 Å². The Kier molecular flexibility index (Phi) is 3.34. The van der Waals surface area contributed by atoms with E-state index in [2.05, 4.69) is 31.0 Å². The van der Waals surface area contributed by atoms with Crippen LogP contribution in [0.5, 0.6) is 0 Å². The van der Waals surface area contributed by atoms with Crippen LogP contribution in [-0.4, -0.2) is 23.8 Å². The Labute approximate surface area is 90.7 Å². The van der Waals surface area contributed by atoms with Crippen molar-refractivity contribution < 1.29 is 4.42 Å². The highest BCUT2D eigenvalue weighted by Crippen LogP contribution is 2.20. The predicted molar refractivity (Wildman–Crippen MR) is 59.6 cm³/mol. The Bertz CT molecular complexity index is 313. The first-order valence-corrected chi connectivity index (χ1v) is 5.10. The fourth-order valence-corrected chi connectivity index (χ4v) is 1.34. The molecule has 5 heteroatoms. The second-order valence-electron chi connectivity index (χ2n) is 5.13. The number of rotatable bonds is 3. The summed E-state index contributed by atoms with van der Waals surface area (Å²) in [5, 5.41) is 7.83. The highest BCUT2D eigenvalue weighted by Gasteiger charge is 2.18. The molecule has 15 heavy (non-hydrogen) atoms. The Morgan fingerprint density at radius 3 is 2.40 bits per heavy atom. The van der Waals surface area contributed by atoms with E-state index in [9.17, 15) is 0 Å². The molecule has 0 aliphatic carbocycles. The third-order valence-corrected chi connectivity index (χ3v) is 1.86. The van der Waals surface area contributed by atoms with Gasteiger partial charge in [0.25, 0.3) is 0 Å². The van der Waals surface area contributed by atoms with Crippen LogP contribution in [0.4, 0.5) is 6.01 Å². The van der Waals surface area contributed by atoms with Crippen molar-refractivity contribution in [2.45, 2.75) is 33.7 Å². The van der Waals surface area contributed by atoms with Gasteiger partial charge in [-0.15, -0.1) is 5.10 Å². The molecule has 0 bridgehead atoms. The van der Waals surface area contributed by atoms with E-state index in [1.54, 1.807) is 0 Å². The van der Waals surface area contributed by atoms with Crippen LogP contribution in [0, 0.1) is 5.41 Å². The van der Waals surface area contributed by atoms with Crippen molar-refractivity contribution in [3.05, 3.63) is 5.89 Å². The highest BCUT2D eigenvalue weighted by atomic mass is 16.4. The maximum Gasteiger partial charge on any atom is 0.317 e. The number of nitrogens with two attached hydrogens (primary N) is 1. The monoisotopic (exact) mass is 212 g/mol. The number of aromatic nitrogens is 2. The Hall–Kier alpha value is -1.10. The minimum atomic E-state index is -0.214. The first-order valence-electron chi connectivity index (χ1n) is 5.10. The van der Waals surface area contributed by atoms with E-state index in [-0.39, 0.29) is 11.5 Å². The molecular weight excluding hydrogens is 192 g/mol. The third kappa shape index (κ3) is 3.51. The van der Waals surface area contributed by atoms with Crippen LogP contribution in [0.3, 0.4) is 0 Å². The van der Waals surface area contributed by atoms with E-state index >= 15 is 0 Å². The lowest BCUT2D eigenvalue weighted by Gasteiger charge is -2.24. The predicted octanol–water partition coefficient (Wildman–Crippen LogP) is 1.57. The lowest BCUT2D eigenvalue weighted by atomic mass is 9.96. The first-order chi connectivity index (χ1) is 6.79. The van der Waals surface area contributed by atoms with Crippen molar-refractivity contribution in [1.29, 1.82) is 0 Å². The van der Waals surface area contributed by atoms with Gasteiger partial charge in [0.2, 0.25) is 5.89 Å². The van der Waals surface area contributed by atoms with Crippen LogP contribution in [0.1, 0.15) is 39.6 Å². The summed E-state index contributed by atoms with van der Waals surface area (Å²) < 4.78 is 5.43. The van der Waals surface area contributed by atoms with Crippen LogP contribution in [0.15, 0.2) is 4.42 Å². The summed E-state index contributed by atoms with van der Waals surface area (Å²) in [6, 6.07) is 0.312. The summed E-state index contributed by atoms with van der Waals surface area (Å²) in [6.07, 6.45) is 0. The molecule has 0 saturated carbocycles. The molecule has 0 aromatic carbocycles. The Morgan fingerprint density at radius 2 is 2.00 bits per heavy atom. The van der Waals surface area contributed by atoms with Gasteiger partial charge in [-0.1, -0.05) is 25.9 Å². The summed E-state index contributed by atoms with van der Waals surface area (Å²) >= 11 is 0. The molecule has 1 heterocycles. The van der Waals surface area contributed by atoms with E-state index in [0.29, 0.717) is 11.9 Å². The van der Waals surface area contributed by atoms with Crippen LogP contribution in [0.25, 0.3) is 0 Å². The lowest BCUT2D eigenvalue weighted by molar-refractivity contribution is 0.395. The van der Waals surface area contributed by atoms with Crippen molar-refractivity contribution in [2.24, 2.45) is 11.1 Å². The fourth-order valence-electron chi connectivity index (χ4n) is 1.34. The zero-order chi connectivity index (χ0) is 11.6. The Morgan fingerprint density at radius 1 is 1.40 bits per heavy atom. The largest absolute Gasteiger partial charge is 0.406 e. The smallest absolute Gasteiger partial charge is 0.317 e. The van der Waals surface area contributed by atoms with Crippen molar-refractivity contribution in [3.63, 3.8) is 0 Å². The van der Waals surface area contributed by atoms with E-state index in [4.69, 9.17) is 10.2 Å². The van der Waals surface area contributed by atoms with Crippen molar-refractivity contribution in [2.75, 3.05) is 18.5 Å². The maximum atomic E-state index is 5.64. The zero-order valence-electron chi connectivity index (χ0n) is 10.1. The average Bonchev–Trinajstić information content (AvgIpc) is 2.47. The molecular formula is C10H20N4O. The van der Waals surface area contributed by atoms with Crippen LogP contribution >= 0.6 is 0 Å². The molecule has 5 nitrogen and oxygen atoms in total. The number of nitrogens with zero attached hydrogens (tertiary/aromatic N) is 3. The van der Waals surface area contributed by atoms with Gasteiger partial charge in [-0.2, -0.15) is 0 Å². The van der Waals surface area contributed by atoms with Gasteiger partial charge in [-0.25, -0.2) is 0 Å². The molecule has 0 aliphatic heterocycles. The number of hydrogen-bond acceptors (Lipinski definition) is 5. The average molecular weight is 212 g/mol. The summed E-state index contributed by atoms with van der Waals surface area (Å²) in [5.41, 5.74) is 5.83. The molecule has 0 spiro atoms. The fraction of sp³-hybridized carbons (Fsp3) is 0.800. The topological polar surface area (TPSA) is 68.2 Å². The standard InChI is InChI=1S/C10H20N4O/c1-7(11)8-12-13-9(15-8)14(5)6-10(2,3)4/h7H,6,11H2,1-5H3. The van der Waals surface area contributed by atoms with E-state index in [0.717, 1.165) is 6.54 Å². The summed E-state index contributed by atoms with van der Waals surface area (Å²) in [7, 11) is 1.93. The van der Waals surface area contributed by atoms with Crippen LogP contribution < -0.4 is 10.6 Å². The van der Waals surface area contributed by atoms with E-state index < -0.39 is 0 Å². The van der Waals surface area contributed by atoms with E-state index in [1.807, 2.05) is 18.9 Å². The second-order valence-corrected chi connectivity index (χ2v) is 5.13. The minimum Gasteiger partial charge on any atom is -0.406 e. The van der Waals surface area contributed by atoms with E-state index in [1.165, 1.54) is 0 Å². The van der Waals surface area contributed by atoms with Gasteiger partial charge < -0.3 is 15.1 Å². The Balaban J connectivity index is 2.70. The van der Waals surface area contributed by atoms with Gasteiger partial charge in [-0.3, -0.25) is 0 Å². The molecule has 1 atom stereocenters. The second kappa shape index (κ2) is 4.18. The lowest BCUT2D eigenvalue weighted by Crippen LogP contribution is -2.29. The van der Waals surface area contributed by atoms with Crippen molar-refractivity contribution >= 4 is 6.01 Å². The van der Waals surface area contributed by atoms with Gasteiger partial charge in [0, 0.05) is 13.6 Å². The SMILES string of the molecule is CC(N)c1nnc(N(C)CC(C)(C)C)o1. The van der Waals surface area contributed by atoms with Crippen molar-refractivity contribution in [1.82, 2.24) is 10.2 Å². The van der Waals surface area contributed by atoms with Crippen LogP contribution in [-0.2, 0) is 0 Å². The molecule has 1 aromatic rings. The molecule has 1 unspecified atom stereocenters. The maximum absolute atomic E-state index is 5.64. The summed E-state index contributed by atoms with van der Waals surface area (Å²) in [6.45, 7) is 9.15. The summed E-state index contributed by atoms with van der Waals surface area (Å²) in [4.78, 5) is 1.94. The third-order valence-electron chi connectivity index (χ3n) is 1.86.